The smallest absolute Gasteiger partial charge is 0.00532 e. The molecule has 2 heteroatoms. The topological polar surface area (TPSA) is 29.3 Å². The van der Waals surface area contributed by atoms with Gasteiger partial charge < -0.3 is 5.73 Å². The Hall–Kier alpha value is -0.0800. The van der Waals surface area contributed by atoms with Crippen molar-refractivity contribution in [1.29, 1.82) is 0 Å². The molecule has 1 saturated heterocycles. The summed E-state index contributed by atoms with van der Waals surface area (Å²) in [6, 6.07) is 1.24. The van der Waals surface area contributed by atoms with E-state index in [0.717, 1.165) is 6.04 Å². The summed E-state index contributed by atoms with van der Waals surface area (Å²) >= 11 is 0. The van der Waals surface area contributed by atoms with Gasteiger partial charge in [-0.1, -0.05) is 21.3 Å². The summed E-state index contributed by atoms with van der Waals surface area (Å²) in [5.74, 6) is 0. The molecule has 0 radical (unpaired) electrons. The van der Waals surface area contributed by atoms with Crippen molar-refractivity contribution in [3.63, 3.8) is 0 Å². The largest absolute Gasteiger partial charge is 0.328 e. The quantitative estimate of drug-likeness (QED) is 0.746. The van der Waals surface area contributed by atoms with E-state index in [2.05, 4.69) is 18.7 Å². The van der Waals surface area contributed by atoms with E-state index in [-0.39, 0.29) is 7.43 Å². The molecule has 1 spiro atoms. The number of hydrogen-bond acceptors (Lipinski definition) is 2. The molecule has 2 fully saturated rings. The fourth-order valence-corrected chi connectivity index (χ4v) is 2.75. The minimum absolute atomic E-state index is 0. The fourth-order valence-electron chi connectivity index (χ4n) is 2.75. The molecule has 0 aromatic carbocycles. The zero-order valence-electron chi connectivity index (χ0n) is 10.9. The number of rotatable bonds is 1. The molecular formula is C14H32N2. The molecule has 98 valence electrons. The van der Waals surface area contributed by atoms with Crippen LogP contribution in [0.5, 0.6) is 0 Å². The minimum atomic E-state index is 0. The Balaban J connectivity index is 0.000000711. The number of nitrogens with zero attached hydrogens (tertiary/aromatic N) is 1. The number of likely N-dealkylation sites (tertiary alicyclic amines) is 1. The second-order valence-electron chi connectivity index (χ2n) is 5.34. The molecule has 0 aromatic rings. The number of nitrogens with two attached hydrogens (primary N) is 1. The third-order valence-corrected chi connectivity index (χ3v) is 3.90. The highest BCUT2D eigenvalue weighted by Gasteiger charge is 2.44. The van der Waals surface area contributed by atoms with E-state index in [0.29, 0.717) is 11.5 Å². The van der Waals surface area contributed by atoms with Crippen molar-refractivity contribution >= 4 is 0 Å². The lowest BCUT2D eigenvalue weighted by Crippen LogP contribution is -2.60. The Labute approximate surface area is 103 Å². The van der Waals surface area contributed by atoms with Crippen molar-refractivity contribution in [2.45, 2.75) is 72.9 Å². The van der Waals surface area contributed by atoms with Gasteiger partial charge in [0.05, 0.1) is 0 Å². The molecule has 0 amide bonds. The zero-order valence-corrected chi connectivity index (χ0v) is 10.9. The Bertz CT molecular complexity index is 173. The Morgan fingerprint density at radius 3 is 1.94 bits per heavy atom. The Kier molecular flexibility index (Phi) is 6.57. The van der Waals surface area contributed by atoms with Gasteiger partial charge in [0.1, 0.15) is 0 Å². The van der Waals surface area contributed by atoms with E-state index in [9.17, 15) is 0 Å². The second-order valence-corrected chi connectivity index (χ2v) is 5.34. The third kappa shape index (κ3) is 3.46. The highest BCUT2D eigenvalue weighted by molar-refractivity contribution is 4.99. The first-order valence-corrected chi connectivity index (χ1v) is 6.61. The molecule has 0 unspecified atom stereocenters. The molecule has 1 heterocycles. The van der Waals surface area contributed by atoms with E-state index < -0.39 is 0 Å². The van der Waals surface area contributed by atoms with Crippen molar-refractivity contribution in [2.24, 2.45) is 11.1 Å². The van der Waals surface area contributed by atoms with Crippen LogP contribution in [0.4, 0.5) is 0 Å². The first-order chi connectivity index (χ1) is 7.11. The summed E-state index contributed by atoms with van der Waals surface area (Å²) in [6.07, 6.45) is 5.26. The van der Waals surface area contributed by atoms with Crippen LogP contribution in [0.2, 0.25) is 0 Å². The van der Waals surface area contributed by atoms with Crippen LogP contribution >= 0.6 is 0 Å². The first-order valence-electron chi connectivity index (χ1n) is 6.61. The minimum Gasteiger partial charge on any atom is -0.328 e. The molecule has 1 aliphatic heterocycles. The SMILES string of the molecule is C.CC.CC(C)N1CC2(CCC(N)CC2)C1. The second kappa shape index (κ2) is 6.61. The lowest BCUT2D eigenvalue weighted by molar-refractivity contribution is -0.0491. The third-order valence-electron chi connectivity index (χ3n) is 3.90. The average Bonchev–Trinajstić information content (AvgIpc) is 2.19. The van der Waals surface area contributed by atoms with Crippen LogP contribution in [0.3, 0.4) is 0 Å². The first kappa shape index (κ1) is 15.9. The highest BCUT2D eigenvalue weighted by Crippen LogP contribution is 2.44. The van der Waals surface area contributed by atoms with Gasteiger partial charge in [0.2, 0.25) is 0 Å². The zero-order chi connectivity index (χ0) is 11.5. The predicted molar refractivity (Wildman–Crippen MR) is 73.7 cm³/mol. The summed E-state index contributed by atoms with van der Waals surface area (Å²) in [4.78, 5) is 2.58. The van der Waals surface area contributed by atoms with Crippen molar-refractivity contribution in [2.75, 3.05) is 13.1 Å². The lowest BCUT2D eigenvalue weighted by Gasteiger charge is -2.55. The van der Waals surface area contributed by atoms with E-state index in [1.807, 2.05) is 13.8 Å². The van der Waals surface area contributed by atoms with Gasteiger partial charge >= 0.3 is 0 Å². The van der Waals surface area contributed by atoms with Gasteiger partial charge in [0.15, 0.2) is 0 Å². The summed E-state index contributed by atoms with van der Waals surface area (Å²) in [7, 11) is 0. The van der Waals surface area contributed by atoms with E-state index >= 15 is 0 Å². The normalized spacial score (nSPS) is 24.4. The summed E-state index contributed by atoms with van der Waals surface area (Å²) in [5, 5.41) is 0. The maximum Gasteiger partial charge on any atom is 0.00532 e. The summed E-state index contributed by atoms with van der Waals surface area (Å²) in [5.41, 5.74) is 6.60. The molecule has 0 bridgehead atoms. The lowest BCUT2D eigenvalue weighted by atomic mass is 9.67. The van der Waals surface area contributed by atoms with Crippen molar-refractivity contribution < 1.29 is 0 Å². The van der Waals surface area contributed by atoms with Gasteiger partial charge in [-0.15, -0.1) is 0 Å². The van der Waals surface area contributed by atoms with Crippen molar-refractivity contribution in [1.82, 2.24) is 4.90 Å². The fraction of sp³-hybridized carbons (Fsp3) is 1.00. The van der Waals surface area contributed by atoms with Gasteiger partial charge in [0, 0.05) is 25.2 Å². The van der Waals surface area contributed by atoms with Gasteiger partial charge in [-0.25, -0.2) is 0 Å². The van der Waals surface area contributed by atoms with Crippen LogP contribution in [0, 0.1) is 5.41 Å². The molecule has 1 aliphatic carbocycles. The predicted octanol–water partition coefficient (Wildman–Crippen LogP) is 3.26. The van der Waals surface area contributed by atoms with Gasteiger partial charge in [-0.3, -0.25) is 4.90 Å². The Morgan fingerprint density at radius 2 is 1.56 bits per heavy atom. The van der Waals surface area contributed by atoms with E-state index in [1.165, 1.54) is 38.8 Å². The van der Waals surface area contributed by atoms with Gasteiger partial charge in [-0.05, 0) is 44.9 Å². The molecule has 1 saturated carbocycles. The van der Waals surface area contributed by atoms with Crippen LogP contribution in [0.25, 0.3) is 0 Å². The molecule has 2 rings (SSSR count). The van der Waals surface area contributed by atoms with Gasteiger partial charge in [-0.2, -0.15) is 0 Å². The van der Waals surface area contributed by atoms with Crippen LogP contribution in [-0.4, -0.2) is 30.1 Å². The molecule has 0 aromatic heterocycles. The molecular weight excluding hydrogens is 196 g/mol. The van der Waals surface area contributed by atoms with E-state index in [1.54, 1.807) is 0 Å². The van der Waals surface area contributed by atoms with Crippen LogP contribution in [-0.2, 0) is 0 Å². The molecule has 2 aliphatic rings. The Morgan fingerprint density at radius 1 is 1.12 bits per heavy atom. The highest BCUT2D eigenvalue weighted by atomic mass is 15.2. The maximum atomic E-state index is 5.92. The van der Waals surface area contributed by atoms with Crippen LogP contribution in [0.1, 0.15) is 60.8 Å². The molecule has 2 N–H and O–H groups in total. The van der Waals surface area contributed by atoms with Crippen molar-refractivity contribution in [3.05, 3.63) is 0 Å². The molecule has 2 nitrogen and oxygen atoms in total. The summed E-state index contributed by atoms with van der Waals surface area (Å²) < 4.78 is 0. The van der Waals surface area contributed by atoms with Crippen LogP contribution < -0.4 is 5.73 Å². The number of hydrogen-bond donors (Lipinski definition) is 1. The average molecular weight is 228 g/mol. The molecule has 16 heavy (non-hydrogen) atoms. The monoisotopic (exact) mass is 228 g/mol. The van der Waals surface area contributed by atoms with E-state index in [4.69, 9.17) is 5.73 Å². The standard InChI is InChI=1S/C11H22N2.C2H6.CH4/c1-9(2)13-7-11(8-13)5-3-10(12)4-6-11;1-2;/h9-10H,3-8,12H2,1-2H3;1-2H3;1H4. The van der Waals surface area contributed by atoms with Crippen LogP contribution in [0.15, 0.2) is 0 Å². The van der Waals surface area contributed by atoms with Crippen molar-refractivity contribution in [3.8, 4) is 0 Å². The maximum absolute atomic E-state index is 5.92. The molecule has 0 atom stereocenters. The van der Waals surface area contributed by atoms with Gasteiger partial charge in [0.25, 0.3) is 0 Å². The summed E-state index contributed by atoms with van der Waals surface area (Å²) in [6.45, 7) is 11.2.